The van der Waals surface area contributed by atoms with Crippen molar-refractivity contribution in [1.29, 1.82) is 5.26 Å². The Kier molecular flexibility index (Phi) is 3.99. The second-order valence-electron chi connectivity index (χ2n) is 3.89. The Labute approximate surface area is 95.9 Å². The SMILES string of the molecule is CN(C1(C#N)CCCCC1)S(=O)(=O)CCl. The van der Waals surface area contributed by atoms with Crippen LogP contribution in [0.3, 0.4) is 0 Å². The van der Waals surface area contributed by atoms with Gasteiger partial charge in [0, 0.05) is 7.05 Å². The molecule has 0 atom stereocenters. The maximum absolute atomic E-state index is 11.6. The number of hydrogen-bond donors (Lipinski definition) is 0. The maximum Gasteiger partial charge on any atom is 0.229 e. The first kappa shape index (κ1) is 12.8. The maximum atomic E-state index is 11.6. The molecule has 4 nitrogen and oxygen atoms in total. The first-order chi connectivity index (χ1) is 6.98. The highest BCUT2D eigenvalue weighted by atomic mass is 35.5. The average Bonchev–Trinajstić information content (AvgIpc) is 2.29. The van der Waals surface area contributed by atoms with Crippen LogP contribution in [-0.4, -0.2) is 30.5 Å². The van der Waals surface area contributed by atoms with Gasteiger partial charge in [-0.05, 0) is 12.8 Å². The zero-order valence-corrected chi connectivity index (χ0v) is 10.3. The number of sulfonamides is 1. The van der Waals surface area contributed by atoms with E-state index in [1.165, 1.54) is 7.05 Å². The Morgan fingerprint density at radius 2 is 1.93 bits per heavy atom. The molecule has 0 bridgehead atoms. The van der Waals surface area contributed by atoms with E-state index in [0.29, 0.717) is 12.8 Å². The number of nitriles is 1. The molecule has 1 fully saturated rings. The summed E-state index contributed by atoms with van der Waals surface area (Å²) in [5.41, 5.74) is -0.869. The fourth-order valence-electron chi connectivity index (χ4n) is 1.97. The Morgan fingerprint density at radius 1 is 1.40 bits per heavy atom. The summed E-state index contributed by atoms with van der Waals surface area (Å²) in [6, 6.07) is 2.15. The molecular formula is C9H15ClN2O2S. The van der Waals surface area contributed by atoms with E-state index in [4.69, 9.17) is 11.6 Å². The molecule has 1 saturated carbocycles. The van der Waals surface area contributed by atoms with Crippen molar-refractivity contribution in [3.63, 3.8) is 0 Å². The lowest BCUT2D eigenvalue weighted by atomic mass is 9.83. The summed E-state index contributed by atoms with van der Waals surface area (Å²) in [5.74, 6) is 0. The molecular weight excluding hydrogens is 236 g/mol. The minimum Gasteiger partial charge on any atom is -0.211 e. The summed E-state index contributed by atoms with van der Waals surface area (Å²) in [7, 11) is -2.04. The Hall–Kier alpha value is -0.310. The minimum atomic E-state index is -3.49. The van der Waals surface area contributed by atoms with E-state index in [0.717, 1.165) is 23.6 Å². The summed E-state index contributed by atoms with van der Waals surface area (Å²) in [6.07, 6.45) is 4.08. The van der Waals surface area contributed by atoms with Gasteiger partial charge in [-0.25, -0.2) is 8.42 Å². The van der Waals surface area contributed by atoms with Gasteiger partial charge >= 0.3 is 0 Å². The van der Waals surface area contributed by atoms with Crippen LogP contribution in [0.4, 0.5) is 0 Å². The molecule has 0 N–H and O–H groups in total. The molecule has 0 radical (unpaired) electrons. The minimum absolute atomic E-state index is 0.465. The van der Waals surface area contributed by atoms with Crippen molar-refractivity contribution in [2.45, 2.75) is 37.6 Å². The van der Waals surface area contributed by atoms with Crippen LogP contribution in [-0.2, 0) is 10.0 Å². The zero-order valence-electron chi connectivity index (χ0n) is 8.74. The van der Waals surface area contributed by atoms with Crippen molar-refractivity contribution in [2.24, 2.45) is 0 Å². The number of nitrogens with zero attached hydrogens (tertiary/aromatic N) is 2. The van der Waals surface area contributed by atoms with Crippen LogP contribution >= 0.6 is 11.6 Å². The Bertz CT molecular complexity index is 355. The zero-order chi connectivity index (χ0) is 11.5. The molecule has 0 heterocycles. The molecule has 6 heteroatoms. The van der Waals surface area contributed by atoms with E-state index < -0.39 is 20.8 Å². The average molecular weight is 251 g/mol. The third-order valence-electron chi connectivity index (χ3n) is 3.05. The Morgan fingerprint density at radius 3 is 2.33 bits per heavy atom. The highest BCUT2D eigenvalue weighted by molar-refractivity contribution is 7.90. The highest BCUT2D eigenvalue weighted by Crippen LogP contribution is 2.34. The first-order valence-corrected chi connectivity index (χ1v) is 7.07. The van der Waals surface area contributed by atoms with Crippen LogP contribution in [0.5, 0.6) is 0 Å². The number of rotatable bonds is 3. The van der Waals surface area contributed by atoms with E-state index in [2.05, 4.69) is 6.07 Å². The predicted octanol–water partition coefficient (Wildman–Crippen LogP) is 1.67. The standard InChI is InChI=1S/C9H15ClN2O2S/c1-12(15(13,14)8-10)9(7-11)5-3-2-4-6-9/h2-6,8H2,1H3. The van der Waals surface area contributed by atoms with Crippen LogP contribution in [0.2, 0.25) is 0 Å². The molecule has 0 unspecified atom stereocenters. The highest BCUT2D eigenvalue weighted by Gasteiger charge is 2.41. The van der Waals surface area contributed by atoms with Crippen molar-refractivity contribution >= 4 is 21.6 Å². The summed E-state index contributed by atoms with van der Waals surface area (Å²) in [4.78, 5) is 0. The number of hydrogen-bond acceptors (Lipinski definition) is 3. The topological polar surface area (TPSA) is 61.2 Å². The number of alkyl halides is 1. The van der Waals surface area contributed by atoms with Gasteiger partial charge in [-0.3, -0.25) is 0 Å². The lowest BCUT2D eigenvalue weighted by molar-refractivity contribution is 0.213. The van der Waals surface area contributed by atoms with Crippen molar-refractivity contribution in [3.8, 4) is 6.07 Å². The monoisotopic (exact) mass is 250 g/mol. The number of halogens is 1. The molecule has 0 aromatic carbocycles. The van der Waals surface area contributed by atoms with Gasteiger partial charge < -0.3 is 0 Å². The van der Waals surface area contributed by atoms with Crippen molar-refractivity contribution in [1.82, 2.24) is 4.31 Å². The predicted molar refractivity (Wildman–Crippen MR) is 58.8 cm³/mol. The van der Waals surface area contributed by atoms with Gasteiger partial charge in [-0.15, -0.1) is 11.6 Å². The van der Waals surface area contributed by atoms with Crippen LogP contribution < -0.4 is 0 Å². The molecule has 0 amide bonds. The fraction of sp³-hybridized carbons (Fsp3) is 0.889. The van der Waals surface area contributed by atoms with Crippen LogP contribution in [0.1, 0.15) is 32.1 Å². The lowest BCUT2D eigenvalue weighted by Crippen LogP contribution is -2.49. The van der Waals surface area contributed by atoms with Gasteiger partial charge in [0.1, 0.15) is 10.8 Å². The third kappa shape index (κ3) is 2.44. The van der Waals surface area contributed by atoms with E-state index in [1.54, 1.807) is 0 Å². The second-order valence-corrected chi connectivity index (χ2v) is 6.48. The third-order valence-corrected chi connectivity index (χ3v) is 5.33. The quantitative estimate of drug-likeness (QED) is 0.716. The van der Waals surface area contributed by atoms with E-state index >= 15 is 0 Å². The van der Waals surface area contributed by atoms with Gasteiger partial charge in [0.05, 0.1) is 6.07 Å². The molecule has 15 heavy (non-hydrogen) atoms. The van der Waals surface area contributed by atoms with Gasteiger partial charge in [-0.1, -0.05) is 19.3 Å². The summed E-state index contributed by atoms with van der Waals surface area (Å²) < 4.78 is 24.4. The molecule has 1 aliphatic rings. The lowest BCUT2D eigenvalue weighted by Gasteiger charge is -2.37. The van der Waals surface area contributed by atoms with Crippen molar-refractivity contribution < 1.29 is 8.42 Å². The summed E-state index contributed by atoms with van der Waals surface area (Å²) in [5, 5.41) is 8.71. The second kappa shape index (κ2) is 4.69. The molecule has 0 aromatic heterocycles. The van der Waals surface area contributed by atoms with E-state index in [9.17, 15) is 13.7 Å². The van der Waals surface area contributed by atoms with Crippen molar-refractivity contribution in [3.05, 3.63) is 0 Å². The molecule has 1 aliphatic carbocycles. The molecule has 0 aromatic rings. The largest absolute Gasteiger partial charge is 0.229 e. The van der Waals surface area contributed by atoms with Gasteiger partial charge in [0.25, 0.3) is 0 Å². The van der Waals surface area contributed by atoms with E-state index in [-0.39, 0.29) is 0 Å². The summed E-state index contributed by atoms with van der Waals surface area (Å²) >= 11 is 5.39. The molecule has 0 aliphatic heterocycles. The molecule has 0 saturated heterocycles. The van der Waals surface area contributed by atoms with Gasteiger partial charge in [0.15, 0.2) is 0 Å². The normalized spacial score (nSPS) is 21.2. The van der Waals surface area contributed by atoms with Crippen LogP contribution in [0.25, 0.3) is 0 Å². The van der Waals surface area contributed by atoms with Gasteiger partial charge in [0.2, 0.25) is 10.0 Å². The van der Waals surface area contributed by atoms with Crippen LogP contribution in [0.15, 0.2) is 0 Å². The van der Waals surface area contributed by atoms with Gasteiger partial charge in [-0.2, -0.15) is 9.57 Å². The smallest absolute Gasteiger partial charge is 0.211 e. The van der Waals surface area contributed by atoms with Crippen LogP contribution in [0, 0.1) is 11.3 Å². The Balaban J connectivity index is 2.97. The fourth-order valence-corrected chi connectivity index (χ4v) is 3.31. The molecule has 0 spiro atoms. The molecule has 86 valence electrons. The first-order valence-electron chi connectivity index (χ1n) is 4.92. The summed E-state index contributed by atoms with van der Waals surface area (Å²) in [6.45, 7) is 0. The van der Waals surface area contributed by atoms with E-state index in [1.807, 2.05) is 0 Å². The molecule has 1 rings (SSSR count). The van der Waals surface area contributed by atoms with Crippen molar-refractivity contribution in [2.75, 3.05) is 12.3 Å².